The van der Waals surface area contributed by atoms with Gasteiger partial charge in [0, 0.05) is 19.1 Å². The van der Waals surface area contributed by atoms with Crippen molar-refractivity contribution in [3.8, 4) is 6.07 Å². The largest absolute Gasteiger partial charge is 0.444 e. The predicted octanol–water partition coefficient (Wildman–Crippen LogP) is 2.92. The molecule has 5 heteroatoms. The summed E-state index contributed by atoms with van der Waals surface area (Å²) >= 11 is 0. The van der Waals surface area contributed by atoms with E-state index >= 15 is 0 Å². The summed E-state index contributed by atoms with van der Waals surface area (Å²) in [5.41, 5.74) is -0.479. The highest BCUT2D eigenvalue weighted by Crippen LogP contribution is 2.22. The number of nitriles is 1. The second kappa shape index (κ2) is 8.23. The topological polar surface area (TPSA) is 65.4 Å². The fourth-order valence-corrected chi connectivity index (χ4v) is 2.81. The lowest BCUT2D eigenvalue weighted by Gasteiger charge is -2.37. The molecule has 1 N–H and O–H groups in total. The van der Waals surface area contributed by atoms with E-state index in [-0.39, 0.29) is 12.1 Å². The Hall–Kier alpha value is -1.28. The van der Waals surface area contributed by atoms with Gasteiger partial charge in [-0.15, -0.1) is 0 Å². The van der Waals surface area contributed by atoms with Gasteiger partial charge in [-0.05, 0) is 39.5 Å². The van der Waals surface area contributed by atoms with Crippen molar-refractivity contribution in [3.05, 3.63) is 0 Å². The van der Waals surface area contributed by atoms with Gasteiger partial charge in [-0.3, -0.25) is 4.90 Å². The molecule has 2 unspecified atom stereocenters. The van der Waals surface area contributed by atoms with Gasteiger partial charge >= 0.3 is 6.09 Å². The monoisotopic (exact) mass is 295 g/mol. The Kier molecular flexibility index (Phi) is 6.97. The van der Waals surface area contributed by atoms with Gasteiger partial charge < -0.3 is 10.1 Å². The van der Waals surface area contributed by atoms with E-state index in [1.165, 1.54) is 12.8 Å². The van der Waals surface area contributed by atoms with Crippen LogP contribution in [-0.4, -0.2) is 42.3 Å². The van der Waals surface area contributed by atoms with Crippen molar-refractivity contribution in [2.75, 3.05) is 19.6 Å². The van der Waals surface area contributed by atoms with Crippen molar-refractivity contribution in [1.29, 1.82) is 5.26 Å². The zero-order valence-corrected chi connectivity index (χ0v) is 13.8. The van der Waals surface area contributed by atoms with Gasteiger partial charge in [0.1, 0.15) is 5.60 Å². The Morgan fingerprint density at radius 3 is 2.71 bits per heavy atom. The number of hydrogen-bond acceptors (Lipinski definition) is 4. The molecule has 0 aromatic carbocycles. The zero-order chi connectivity index (χ0) is 15.9. The smallest absolute Gasteiger partial charge is 0.407 e. The third-order valence-electron chi connectivity index (χ3n) is 3.59. The number of carbonyl (C=O) groups is 1. The normalized spacial score (nSPS) is 23.4. The molecule has 1 heterocycles. The minimum atomic E-state index is -0.479. The van der Waals surface area contributed by atoms with Crippen molar-refractivity contribution >= 4 is 6.09 Å². The first-order chi connectivity index (χ1) is 9.84. The Morgan fingerprint density at radius 2 is 2.14 bits per heavy atom. The van der Waals surface area contributed by atoms with E-state index in [4.69, 9.17) is 10.00 Å². The fraction of sp³-hybridized carbons (Fsp3) is 0.875. The zero-order valence-electron chi connectivity index (χ0n) is 13.8. The molecule has 120 valence electrons. The molecule has 1 aliphatic rings. The second-order valence-corrected chi connectivity index (χ2v) is 6.94. The maximum Gasteiger partial charge on any atom is 0.407 e. The molecule has 0 spiro atoms. The number of hydrogen-bond donors (Lipinski definition) is 1. The third-order valence-corrected chi connectivity index (χ3v) is 3.59. The van der Waals surface area contributed by atoms with Crippen LogP contribution in [0.15, 0.2) is 0 Å². The predicted molar refractivity (Wildman–Crippen MR) is 82.8 cm³/mol. The summed E-state index contributed by atoms with van der Waals surface area (Å²) in [4.78, 5) is 14.0. The number of piperidine rings is 1. The number of nitrogens with zero attached hydrogens (tertiary/aromatic N) is 2. The van der Waals surface area contributed by atoms with Crippen molar-refractivity contribution < 1.29 is 9.53 Å². The first kappa shape index (κ1) is 17.8. The van der Waals surface area contributed by atoms with Crippen LogP contribution in [0.5, 0.6) is 0 Å². The third kappa shape index (κ3) is 7.33. The highest BCUT2D eigenvalue weighted by atomic mass is 16.6. The summed E-state index contributed by atoms with van der Waals surface area (Å²) < 4.78 is 5.32. The van der Waals surface area contributed by atoms with Gasteiger partial charge in [0.05, 0.1) is 12.6 Å². The molecule has 1 rings (SSSR count). The van der Waals surface area contributed by atoms with Crippen molar-refractivity contribution in [2.45, 2.75) is 65.0 Å². The molecule has 21 heavy (non-hydrogen) atoms. The van der Waals surface area contributed by atoms with E-state index in [1.54, 1.807) is 0 Å². The quantitative estimate of drug-likeness (QED) is 0.792. The van der Waals surface area contributed by atoms with Crippen LogP contribution in [0.2, 0.25) is 0 Å². The summed E-state index contributed by atoms with van der Waals surface area (Å²) in [7, 11) is 0. The van der Waals surface area contributed by atoms with Crippen molar-refractivity contribution in [2.24, 2.45) is 5.92 Å². The number of alkyl carbamates (subject to hydrolysis) is 1. The molecule has 2 atom stereocenters. The lowest BCUT2D eigenvalue weighted by Crippen LogP contribution is -2.51. The van der Waals surface area contributed by atoms with E-state index in [0.717, 1.165) is 25.9 Å². The number of nitrogens with one attached hydrogen (secondary N) is 1. The molecular weight excluding hydrogens is 266 g/mol. The van der Waals surface area contributed by atoms with E-state index < -0.39 is 5.60 Å². The van der Waals surface area contributed by atoms with E-state index in [2.05, 4.69) is 23.2 Å². The fourth-order valence-electron chi connectivity index (χ4n) is 2.81. The Labute approximate surface area is 128 Å². The molecule has 5 nitrogen and oxygen atoms in total. The standard InChI is InChI=1S/C16H29N3O2/c1-5-6-7-13-10-14(12-19(11-13)9-8-17)18-15(20)21-16(2,3)4/h13-14H,5-7,9-12H2,1-4H3,(H,18,20). The second-order valence-electron chi connectivity index (χ2n) is 6.94. The van der Waals surface area contributed by atoms with Crippen LogP contribution in [0.1, 0.15) is 53.4 Å². The van der Waals surface area contributed by atoms with Crippen molar-refractivity contribution in [1.82, 2.24) is 10.2 Å². The first-order valence-corrected chi connectivity index (χ1v) is 7.93. The highest BCUT2D eigenvalue weighted by Gasteiger charge is 2.29. The summed E-state index contributed by atoms with van der Waals surface area (Å²) in [6.07, 6.45) is 4.15. The highest BCUT2D eigenvalue weighted by molar-refractivity contribution is 5.68. The number of likely N-dealkylation sites (tertiary alicyclic amines) is 1. The summed E-state index contributed by atoms with van der Waals surface area (Å²) in [6, 6.07) is 2.28. The van der Waals surface area contributed by atoms with E-state index in [0.29, 0.717) is 12.5 Å². The Morgan fingerprint density at radius 1 is 1.43 bits per heavy atom. The molecule has 1 saturated heterocycles. The van der Waals surface area contributed by atoms with Crippen LogP contribution in [0, 0.1) is 17.2 Å². The average Bonchev–Trinajstić information content (AvgIpc) is 2.34. The lowest BCUT2D eigenvalue weighted by atomic mass is 9.90. The summed E-state index contributed by atoms with van der Waals surface area (Å²) in [5, 5.41) is 11.9. The van der Waals surface area contributed by atoms with Crippen LogP contribution in [0.25, 0.3) is 0 Å². The molecule has 1 aliphatic heterocycles. The first-order valence-electron chi connectivity index (χ1n) is 7.93. The minimum absolute atomic E-state index is 0.0730. The number of rotatable bonds is 5. The van der Waals surface area contributed by atoms with Gasteiger partial charge in [-0.25, -0.2) is 4.79 Å². The molecular formula is C16H29N3O2. The van der Waals surface area contributed by atoms with Gasteiger partial charge in [-0.1, -0.05) is 19.8 Å². The maximum absolute atomic E-state index is 11.9. The lowest BCUT2D eigenvalue weighted by molar-refractivity contribution is 0.0452. The average molecular weight is 295 g/mol. The van der Waals surface area contributed by atoms with Gasteiger partial charge in [0.15, 0.2) is 0 Å². The van der Waals surface area contributed by atoms with E-state index in [9.17, 15) is 4.79 Å². The Balaban J connectivity index is 2.54. The van der Waals surface area contributed by atoms with Crippen LogP contribution in [-0.2, 0) is 4.74 Å². The number of ether oxygens (including phenoxy) is 1. The summed E-state index contributed by atoms with van der Waals surface area (Å²) in [6.45, 7) is 9.88. The molecule has 1 amide bonds. The number of amides is 1. The molecule has 1 fully saturated rings. The van der Waals surface area contributed by atoms with Gasteiger partial charge in [0.25, 0.3) is 0 Å². The van der Waals surface area contributed by atoms with Gasteiger partial charge in [-0.2, -0.15) is 5.26 Å². The number of carbonyl (C=O) groups excluding carboxylic acids is 1. The van der Waals surface area contributed by atoms with Crippen LogP contribution in [0.4, 0.5) is 4.79 Å². The summed E-state index contributed by atoms with van der Waals surface area (Å²) in [5.74, 6) is 0.548. The molecule has 0 aliphatic carbocycles. The van der Waals surface area contributed by atoms with Crippen LogP contribution >= 0.6 is 0 Å². The Bertz CT molecular complexity index is 371. The van der Waals surface area contributed by atoms with E-state index in [1.807, 2.05) is 20.8 Å². The molecule has 0 aromatic heterocycles. The maximum atomic E-state index is 11.9. The molecule has 0 bridgehead atoms. The number of unbranched alkanes of at least 4 members (excludes halogenated alkanes) is 1. The minimum Gasteiger partial charge on any atom is -0.444 e. The molecule has 0 aromatic rings. The van der Waals surface area contributed by atoms with Crippen LogP contribution in [0.3, 0.4) is 0 Å². The van der Waals surface area contributed by atoms with Gasteiger partial charge in [0.2, 0.25) is 0 Å². The SMILES string of the molecule is CCCCC1CC(NC(=O)OC(C)(C)C)CN(CC#N)C1. The van der Waals surface area contributed by atoms with Crippen LogP contribution < -0.4 is 5.32 Å². The molecule has 0 saturated carbocycles. The van der Waals surface area contributed by atoms with Crippen molar-refractivity contribution in [3.63, 3.8) is 0 Å². The molecule has 0 radical (unpaired) electrons.